The van der Waals surface area contributed by atoms with Crippen LogP contribution in [0.25, 0.3) is 0 Å². The molecule has 2 amide bonds. The standard InChI is InChI=1S/C20H22N2O6/c1-2-26-18(23)16-8-10-17(11-9-16)22-20(25)27-13-12-21-19(24)28-14-15-6-4-3-5-7-15/h3-11H,2,12-14H2,1H3,(H,21,24)(H,22,25). The van der Waals surface area contributed by atoms with Crippen molar-refractivity contribution in [3.63, 3.8) is 0 Å². The Morgan fingerprint density at radius 3 is 2.25 bits per heavy atom. The van der Waals surface area contributed by atoms with Crippen molar-refractivity contribution in [2.45, 2.75) is 13.5 Å². The monoisotopic (exact) mass is 386 g/mol. The van der Waals surface area contributed by atoms with Crippen molar-refractivity contribution in [2.75, 3.05) is 25.1 Å². The van der Waals surface area contributed by atoms with Crippen molar-refractivity contribution in [1.82, 2.24) is 5.32 Å². The molecule has 0 unspecified atom stereocenters. The van der Waals surface area contributed by atoms with Crippen molar-refractivity contribution in [1.29, 1.82) is 0 Å². The summed E-state index contributed by atoms with van der Waals surface area (Å²) in [6.07, 6.45) is -1.27. The minimum Gasteiger partial charge on any atom is -0.462 e. The lowest BCUT2D eigenvalue weighted by Crippen LogP contribution is -2.29. The van der Waals surface area contributed by atoms with Crippen molar-refractivity contribution < 1.29 is 28.6 Å². The lowest BCUT2D eigenvalue weighted by Gasteiger charge is -2.09. The van der Waals surface area contributed by atoms with E-state index in [-0.39, 0.29) is 19.8 Å². The van der Waals surface area contributed by atoms with Gasteiger partial charge in [-0.3, -0.25) is 5.32 Å². The molecule has 8 nitrogen and oxygen atoms in total. The van der Waals surface area contributed by atoms with Crippen molar-refractivity contribution in [3.05, 3.63) is 65.7 Å². The lowest BCUT2D eigenvalue weighted by molar-refractivity contribution is 0.0526. The summed E-state index contributed by atoms with van der Waals surface area (Å²) in [6, 6.07) is 15.5. The molecule has 0 aromatic heterocycles. The minimum absolute atomic E-state index is 0.0207. The molecule has 2 aromatic carbocycles. The number of rotatable bonds is 8. The minimum atomic E-state index is -0.677. The molecule has 0 saturated carbocycles. The summed E-state index contributed by atoms with van der Waals surface area (Å²) in [6.45, 7) is 2.27. The second kappa shape index (κ2) is 11.2. The van der Waals surface area contributed by atoms with Crippen LogP contribution in [0.4, 0.5) is 15.3 Å². The third kappa shape index (κ3) is 7.36. The average Bonchev–Trinajstić information content (AvgIpc) is 2.71. The van der Waals surface area contributed by atoms with E-state index in [9.17, 15) is 14.4 Å². The van der Waals surface area contributed by atoms with Crippen LogP contribution in [0.2, 0.25) is 0 Å². The summed E-state index contributed by atoms with van der Waals surface area (Å²) in [5, 5.41) is 5.00. The summed E-state index contributed by atoms with van der Waals surface area (Å²) in [4.78, 5) is 34.8. The molecule has 2 aromatic rings. The summed E-state index contributed by atoms with van der Waals surface area (Å²) in [5.74, 6) is -0.429. The van der Waals surface area contributed by atoms with Gasteiger partial charge >= 0.3 is 18.2 Å². The average molecular weight is 386 g/mol. The van der Waals surface area contributed by atoms with Crippen LogP contribution in [0.1, 0.15) is 22.8 Å². The molecule has 2 rings (SSSR count). The number of amides is 2. The molecule has 0 radical (unpaired) electrons. The van der Waals surface area contributed by atoms with Gasteiger partial charge in [0.25, 0.3) is 0 Å². The van der Waals surface area contributed by atoms with E-state index in [1.54, 1.807) is 19.1 Å². The molecule has 2 N–H and O–H groups in total. The Bertz CT molecular complexity index is 777. The van der Waals surface area contributed by atoms with Gasteiger partial charge in [0.15, 0.2) is 0 Å². The topological polar surface area (TPSA) is 103 Å². The molecule has 0 bridgehead atoms. The van der Waals surface area contributed by atoms with Gasteiger partial charge in [0, 0.05) is 5.69 Å². The Balaban J connectivity index is 1.62. The van der Waals surface area contributed by atoms with Crippen LogP contribution < -0.4 is 10.6 Å². The molecule has 0 aliphatic rings. The van der Waals surface area contributed by atoms with Crippen molar-refractivity contribution in [3.8, 4) is 0 Å². The fourth-order valence-electron chi connectivity index (χ4n) is 2.13. The number of alkyl carbamates (subject to hydrolysis) is 1. The first-order chi connectivity index (χ1) is 13.6. The van der Waals surface area contributed by atoms with Gasteiger partial charge in [-0.05, 0) is 36.8 Å². The third-order valence-corrected chi connectivity index (χ3v) is 3.46. The maximum Gasteiger partial charge on any atom is 0.411 e. The maximum atomic E-state index is 11.7. The zero-order valence-electron chi connectivity index (χ0n) is 15.5. The van der Waals surface area contributed by atoms with Crippen LogP contribution in [0.15, 0.2) is 54.6 Å². The van der Waals surface area contributed by atoms with E-state index in [1.807, 2.05) is 30.3 Å². The lowest BCUT2D eigenvalue weighted by atomic mass is 10.2. The van der Waals surface area contributed by atoms with E-state index in [2.05, 4.69) is 10.6 Å². The molecule has 28 heavy (non-hydrogen) atoms. The molecule has 148 valence electrons. The molecule has 0 aliphatic heterocycles. The fourth-order valence-corrected chi connectivity index (χ4v) is 2.13. The quantitative estimate of drug-likeness (QED) is 0.410. The van der Waals surface area contributed by atoms with E-state index in [0.29, 0.717) is 17.9 Å². The van der Waals surface area contributed by atoms with E-state index >= 15 is 0 Å². The van der Waals surface area contributed by atoms with Gasteiger partial charge in [0.05, 0.1) is 18.7 Å². The number of anilines is 1. The molecule has 0 fully saturated rings. The predicted octanol–water partition coefficient (Wildman–Crippen LogP) is 3.34. The Morgan fingerprint density at radius 2 is 1.57 bits per heavy atom. The zero-order chi connectivity index (χ0) is 20.2. The first-order valence-corrected chi connectivity index (χ1v) is 8.74. The van der Waals surface area contributed by atoms with E-state index in [1.165, 1.54) is 12.1 Å². The van der Waals surface area contributed by atoms with Crippen molar-refractivity contribution in [2.24, 2.45) is 0 Å². The highest BCUT2D eigenvalue weighted by Crippen LogP contribution is 2.11. The van der Waals surface area contributed by atoms with E-state index in [0.717, 1.165) is 5.56 Å². The number of nitrogens with one attached hydrogen (secondary N) is 2. The summed E-state index contributed by atoms with van der Waals surface area (Å²) >= 11 is 0. The van der Waals surface area contributed by atoms with Crippen LogP contribution in [-0.4, -0.2) is 37.9 Å². The number of benzene rings is 2. The number of carbonyl (C=O) groups is 3. The highest BCUT2D eigenvalue weighted by molar-refractivity contribution is 5.91. The molecule has 0 heterocycles. The van der Waals surface area contributed by atoms with Gasteiger partial charge in [-0.15, -0.1) is 0 Å². The second-order valence-electron chi connectivity index (χ2n) is 5.55. The number of carbonyl (C=O) groups excluding carboxylic acids is 3. The van der Waals surface area contributed by atoms with Crippen LogP contribution in [0, 0.1) is 0 Å². The predicted molar refractivity (Wildman–Crippen MR) is 102 cm³/mol. The largest absolute Gasteiger partial charge is 0.462 e. The first kappa shape index (κ1) is 20.8. The first-order valence-electron chi connectivity index (χ1n) is 8.74. The second-order valence-corrected chi connectivity index (χ2v) is 5.55. The Kier molecular flexibility index (Phi) is 8.32. The number of hydrogen-bond acceptors (Lipinski definition) is 6. The van der Waals surface area contributed by atoms with Crippen LogP contribution >= 0.6 is 0 Å². The van der Waals surface area contributed by atoms with Gasteiger partial charge in [-0.1, -0.05) is 30.3 Å². The Labute approximate surface area is 162 Å². The normalized spacial score (nSPS) is 9.89. The highest BCUT2D eigenvalue weighted by Gasteiger charge is 2.08. The Morgan fingerprint density at radius 1 is 0.857 bits per heavy atom. The van der Waals surface area contributed by atoms with Crippen LogP contribution in [-0.2, 0) is 20.8 Å². The summed E-state index contributed by atoms with van der Waals surface area (Å²) in [7, 11) is 0. The smallest absolute Gasteiger partial charge is 0.411 e. The van der Waals surface area contributed by atoms with Gasteiger partial charge in [0.1, 0.15) is 13.2 Å². The Hall–Kier alpha value is -3.55. The molecule has 0 aliphatic carbocycles. The van der Waals surface area contributed by atoms with E-state index < -0.39 is 18.2 Å². The third-order valence-electron chi connectivity index (χ3n) is 3.46. The number of hydrogen-bond donors (Lipinski definition) is 2. The van der Waals surface area contributed by atoms with Crippen molar-refractivity contribution >= 4 is 23.8 Å². The highest BCUT2D eigenvalue weighted by atomic mass is 16.6. The molecular weight excluding hydrogens is 364 g/mol. The molecular formula is C20H22N2O6. The molecule has 0 saturated heterocycles. The van der Waals surface area contributed by atoms with Gasteiger partial charge < -0.3 is 19.5 Å². The maximum absolute atomic E-state index is 11.7. The summed E-state index contributed by atoms with van der Waals surface area (Å²) < 4.78 is 14.9. The molecule has 8 heteroatoms. The van der Waals surface area contributed by atoms with Gasteiger partial charge in [0.2, 0.25) is 0 Å². The van der Waals surface area contributed by atoms with Gasteiger partial charge in [-0.2, -0.15) is 0 Å². The van der Waals surface area contributed by atoms with Crippen LogP contribution in [0.3, 0.4) is 0 Å². The van der Waals surface area contributed by atoms with E-state index in [4.69, 9.17) is 14.2 Å². The SMILES string of the molecule is CCOC(=O)c1ccc(NC(=O)OCCNC(=O)OCc2ccccc2)cc1. The number of ether oxygens (including phenoxy) is 3. The number of esters is 1. The zero-order valence-corrected chi connectivity index (χ0v) is 15.5. The summed E-state index contributed by atoms with van der Waals surface area (Å²) in [5.41, 5.74) is 1.73. The molecule has 0 atom stereocenters. The van der Waals surface area contributed by atoms with Crippen LogP contribution in [0.5, 0.6) is 0 Å². The molecule has 0 spiro atoms. The van der Waals surface area contributed by atoms with Gasteiger partial charge in [-0.25, -0.2) is 14.4 Å². The fraction of sp³-hybridized carbons (Fsp3) is 0.250.